The van der Waals surface area contributed by atoms with E-state index in [-0.39, 0.29) is 18.0 Å². The number of nitro groups is 1. The number of nitrogens with zero attached hydrogens (tertiary/aromatic N) is 2. The molecule has 3 rings (SSSR count). The quantitative estimate of drug-likeness (QED) is 0.396. The van der Waals surface area contributed by atoms with E-state index < -0.39 is 4.92 Å². The summed E-state index contributed by atoms with van der Waals surface area (Å²) in [5.74, 6) is 0.492. The summed E-state index contributed by atoms with van der Waals surface area (Å²) in [5.41, 5.74) is 5.90. The summed E-state index contributed by atoms with van der Waals surface area (Å²) >= 11 is 0. The standard InChI is InChI=1S/C21H19N3O4/c1-14-7-8-15(2)16(11-14)12-21(25)23-22-13-17-9-10-20(28-17)18-5-3-4-6-19(18)24(26)27/h3-11,13H,12H2,1-2H3,(H,23,25)/b22-13-. The molecule has 1 heterocycles. The van der Waals surface area contributed by atoms with Gasteiger partial charge in [0.15, 0.2) is 0 Å². The molecule has 0 aliphatic carbocycles. The number of furan rings is 1. The Kier molecular flexibility index (Phi) is 5.64. The van der Waals surface area contributed by atoms with Gasteiger partial charge in [-0.3, -0.25) is 14.9 Å². The van der Waals surface area contributed by atoms with Crippen LogP contribution in [0.3, 0.4) is 0 Å². The predicted octanol–water partition coefficient (Wildman–Crippen LogP) is 4.16. The number of rotatable bonds is 6. The zero-order chi connectivity index (χ0) is 20.1. The molecule has 0 saturated carbocycles. The fourth-order valence-corrected chi connectivity index (χ4v) is 2.78. The van der Waals surface area contributed by atoms with Crippen molar-refractivity contribution in [2.75, 3.05) is 0 Å². The lowest BCUT2D eigenvalue weighted by atomic mass is 10.0. The van der Waals surface area contributed by atoms with Crippen LogP contribution in [0.1, 0.15) is 22.5 Å². The second-order valence-corrected chi connectivity index (χ2v) is 6.38. The van der Waals surface area contributed by atoms with Gasteiger partial charge < -0.3 is 4.42 Å². The van der Waals surface area contributed by atoms with Crippen LogP contribution in [0.5, 0.6) is 0 Å². The number of carbonyl (C=O) groups excluding carboxylic acids is 1. The normalized spacial score (nSPS) is 10.9. The number of para-hydroxylation sites is 1. The summed E-state index contributed by atoms with van der Waals surface area (Å²) in [4.78, 5) is 22.8. The Hall–Kier alpha value is -3.74. The molecule has 7 nitrogen and oxygen atoms in total. The van der Waals surface area contributed by atoms with Crippen LogP contribution < -0.4 is 5.43 Å². The van der Waals surface area contributed by atoms with Crippen molar-refractivity contribution >= 4 is 17.8 Å². The minimum atomic E-state index is -0.459. The predicted molar refractivity (Wildman–Crippen MR) is 106 cm³/mol. The smallest absolute Gasteiger partial charge is 0.280 e. The molecule has 1 amide bonds. The molecule has 1 aromatic heterocycles. The first kappa shape index (κ1) is 19.0. The van der Waals surface area contributed by atoms with Crippen molar-refractivity contribution in [2.45, 2.75) is 20.3 Å². The zero-order valence-electron chi connectivity index (χ0n) is 15.5. The van der Waals surface area contributed by atoms with E-state index in [2.05, 4.69) is 10.5 Å². The molecule has 28 heavy (non-hydrogen) atoms. The monoisotopic (exact) mass is 377 g/mol. The number of nitro benzene ring substituents is 1. The minimum Gasteiger partial charge on any atom is -0.455 e. The van der Waals surface area contributed by atoms with Gasteiger partial charge in [-0.15, -0.1) is 0 Å². The maximum Gasteiger partial charge on any atom is 0.280 e. The number of hydrogen-bond donors (Lipinski definition) is 1. The van der Waals surface area contributed by atoms with Crippen molar-refractivity contribution in [3.63, 3.8) is 0 Å². The van der Waals surface area contributed by atoms with Crippen molar-refractivity contribution in [1.82, 2.24) is 5.43 Å². The molecule has 0 aliphatic heterocycles. The van der Waals surface area contributed by atoms with E-state index in [0.717, 1.165) is 16.7 Å². The first-order chi connectivity index (χ1) is 13.4. The lowest BCUT2D eigenvalue weighted by molar-refractivity contribution is -0.384. The largest absolute Gasteiger partial charge is 0.455 e. The van der Waals surface area contributed by atoms with Crippen LogP contribution in [0.15, 0.2) is 64.1 Å². The van der Waals surface area contributed by atoms with E-state index in [1.54, 1.807) is 30.3 Å². The molecule has 0 atom stereocenters. The third-order valence-corrected chi connectivity index (χ3v) is 4.23. The molecule has 0 spiro atoms. The fourth-order valence-electron chi connectivity index (χ4n) is 2.78. The Balaban J connectivity index is 1.65. The van der Waals surface area contributed by atoms with Gasteiger partial charge >= 0.3 is 0 Å². The second-order valence-electron chi connectivity index (χ2n) is 6.38. The SMILES string of the molecule is Cc1ccc(C)c(CC(=O)N/N=C\c2ccc(-c3ccccc3[N+](=O)[O-])o2)c1. The van der Waals surface area contributed by atoms with Gasteiger partial charge in [-0.05, 0) is 43.2 Å². The number of benzene rings is 2. The lowest BCUT2D eigenvalue weighted by Gasteiger charge is -2.05. The zero-order valence-corrected chi connectivity index (χ0v) is 15.5. The summed E-state index contributed by atoms with van der Waals surface area (Å²) in [6.07, 6.45) is 1.59. The van der Waals surface area contributed by atoms with Crippen molar-refractivity contribution in [3.05, 3.63) is 87.2 Å². The molecule has 2 aromatic carbocycles. The number of aryl methyl sites for hydroxylation is 2. The molecular formula is C21H19N3O4. The minimum absolute atomic E-state index is 0.0397. The summed E-state index contributed by atoms with van der Waals surface area (Å²) in [6.45, 7) is 3.93. The lowest BCUT2D eigenvalue weighted by Crippen LogP contribution is -2.20. The fraction of sp³-hybridized carbons (Fsp3) is 0.143. The summed E-state index contributed by atoms with van der Waals surface area (Å²) < 4.78 is 5.59. The Bertz CT molecular complexity index is 1050. The van der Waals surface area contributed by atoms with Gasteiger partial charge in [-0.25, -0.2) is 5.43 Å². The number of carbonyl (C=O) groups is 1. The van der Waals surface area contributed by atoms with E-state index in [4.69, 9.17) is 4.42 Å². The second kappa shape index (κ2) is 8.30. The highest BCUT2D eigenvalue weighted by Crippen LogP contribution is 2.30. The van der Waals surface area contributed by atoms with Crippen LogP contribution in [0.2, 0.25) is 0 Å². The molecular weight excluding hydrogens is 358 g/mol. The molecule has 1 N–H and O–H groups in total. The highest BCUT2D eigenvalue weighted by Gasteiger charge is 2.16. The van der Waals surface area contributed by atoms with Crippen molar-refractivity contribution in [1.29, 1.82) is 0 Å². The van der Waals surface area contributed by atoms with Crippen molar-refractivity contribution in [2.24, 2.45) is 5.10 Å². The Morgan fingerprint density at radius 2 is 1.96 bits per heavy atom. The van der Waals surface area contributed by atoms with Gasteiger partial charge in [-0.1, -0.05) is 35.9 Å². The summed E-state index contributed by atoms with van der Waals surface area (Å²) in [7, 11) is 0. The summed E-state index contributed by atoms with van der Waals surface area (Å²) in [6, 6.07) is 15.5. The van der Waals surface area contributed by atoms with E-state index in [1.807, 2.05) is 32.0 Å². The molecule has 0 unspecified atom stereocenters. The third-order valence-electron chi connectivity index (χ3n) is 4.23. The van der Waals surface area contributed by atoms with E-state index in [0.29, 0.717) is 17.1 Å². The highest BCUT2D eigenvalue weighted by atomic mass is 16.6. The number of hydrogen-bond acceptors (Lipinski definition) is 5. The summed E-state index contributed by atoms with van der Waals surface area (Å²) in [5, 5.41) is 15.0. The molecule has 0 bridgehead atoms. The molecule has 3 aromatic rings. The van der Waals surface area contributed by atoms with Gasteiger partial charge in [0, 0.05) is 6.07 Å². The third kappa shape index (κ3) is 4.50. The van der Waals surface area contributed by atoms with E-state index >= 15 is 0 Å². The highest BCUT2D eigenvalue weighted by molar-refractivity contribution is 5.82. The molecule has 0 aliphatic rings. The van der Waals surface area contributed by atoms with E-state index in [1.165, 1.54) is 12.3 Å². The van der Waals surface area contributed by atoms with Gasteiger partial charge in [-0.2, -0.15) is 5.10 Å². The Morgan fingerprint density at radius 1 is 1.18 bits per heavy atom. The first-order valence-corrected chi connectivity index (χ1v) is 8.65. The number of nitrogens with one attached hydrogen (secondary N) is 1. The first-order valence-electron chi connectivity index (χ1n) is 8.65. The van der Waals surface area contributed by atoms with Gasteiger partial charge in [0.2, 0.25) is 5.91 Å². The van der Waals surface area contributed by atoms with Crippen LogP contribution in [0.4, 0.5) is 5.69 Å². The Labute approximate surface area is 161 Å². The van der Waals surface area contributed by atoms with Crippen LogP contribution in [-0.4, -0.2) is 17.0 Å². The molecule has 0 saturated heterocycles. The van der Waals surface area contributed by atoms with E-state index in [9.17, 15) is 14.9 Å². The Morgan fingerprint density at radius 3 is 2.75 bits per heavy atom. The van der Waals surface area contributed by atoms with Crippen LogP contribution >= 0.6 is 0 Å². The maximum atomic E-state index is 12.1. The van der Waals surface area contributed by atoms with Crippen molar-refractivity contribution < 1.29 is 14.1 Å². The van der Waals surface area contributed by atoms with Crippen LogP contribution in [0, 0.1) is 24.0 Å². The molecule has 0 fully saturated rings. The average Bonchev–Trinajstić information content (AvgIpc) is 3.13. The topological polar surface area (TPSA) is 97.7 Å². The maximum absolute atomic E-state index is 12.1. The van der Waals surface area contributed by atoms with Crippen LogP contribution in [0.25, 0.3) is 11.3 Å². The molecule has 7 heteroatoms. The van der Waals surface area contributed by atoms with Crippen LogP contribution in [-0.2, 0) is 11.2 Å². The van der Waals surface area contributed by atoms with Gasteiger partial charge in [0.1, 0.15) is 11.5 Å². The molecule has 0 radical (unpaired) electrons. The molecule has 142 valence electrons. The van der Waals surface area contributed by atoms with Gasteiger partial charge in [0.25, 0.3) is 5.69 Å². The van der Waals surface area contributed by atoms with Crippen molar-refractivity contribution in [3.8, 4) is 11.3 Å². The number of amides is 1. The van der Waals surface area contributed by atoms with Gasteiger partial charge in [0.05, 0.1) is 23.1 Å². The average molecular weight is 377 g/mol. The number of hydrazone groups is 1.